The van der Waals surface area contributed by atoms with Gasteiger partial charge in [-0.2, -0.15) is 0 Å². The molecule has 2 nitrogen and oxygen atoms in total. The summed E-state index contributed by atoms with van der Waals surface area (Å²) >= 11 is 17.8. The van der Waals surface area contributed by atoms with Crippen molar-refractivity contribution in [2.24, 2.45) is 5.92 Å². The van der Waals surface area contributed by atoms with E-state index in [1.165, 1.54) is 19.3 Å². The second-order valence-corrected chi connectivity index (χ2v) is 6.22. The van der Waals surface area contributed by atoms with Gasteiger partial charge in [-0.1, -0.05) is 54.1 Å². The maximum atomic E-state index is 12.0. The minimum absolute atomic E-state index is 0.00723. The second-order valence-electron chi connectivity index (χ2n) is 5.00. The molecule has 1 aliphatic rings. The Morgan fingerprint density at radius 3 is 2.37 bits per heavy atom. The zero-order chi connectivity index (χ0) is 13.8. The first-order valence-electron chi connectivity index (χ1n) is 6.50. The number of carbonyl (C=O) groups is 1. The highest BCUT2D eigenvalue weighted by atomic mass is 35.5. The summed E-state index contributed by atoms with van der Waals surface area (Å²) in [6.07, 6.45) is 6.58. The van der Waals surface area contributed by atoms with Crippen molar-refractivity contribution in [2.75, 3.05) is 5.32 Å². The van der Waals surface area contributed by atoms with Crippen LogP contribution in [-0.4, -0.2) is 5.91 Å². The van der Waals surface area contributed by atoms with E-state index in [0.717, 1.165) is 12.8 Å². The molecule has 0 saturated heterocycles. The Morgan fingerprint density at radius 2 is 1.68 bits per heavy atom. The van der Waals surface area contributed by atoms with Crippen molar-refractivity contribution in [3.63, 3.8) is 0 Å². The van der Waals surface area contributed by atoms with Gasteiger partial charge in [-0.3, -0.25) is 4.79 Å². The average Bonchev–Trinajstić information content (AvgIpc) is 2.37. The quantitative estimate of drug-likeness (QED) is 0.726. The Hall–Kier alpha value is -0.440. The first-order valence-corrected chi connectivity index (χ1v) is 7.64. The van der Waals surface area contributed by atoms with Gasteiger partial charge in [0.1, 0.15) is 0 Å². The number of halogens is 3. The molecule has 1 aliphatic carbocycles. The first-order chi connectivity index (χ1) is 9.06. The molecule has 0 heterocycles. The molecule has 0 radical (unpaired) electrons. The van der Waals surface area contributed by atoms with E-state index in [9.17, 15) is 4.79 Å². The molecular formula is C14H16Cl3NO. The lowest BCUT2D eigenvalue weighted by molar-refractivity contribution is -0.117. The van der Waals surface area contributed by atoms with Gasteiger partial charge in [0.2, 0.25) is 5.91 Å². The van der Waals surface area contributed by atoms with Gasteiger partial charge in [-0.25, -0.2) is 0 Å². The van der Waals surface area contributed by atoms with Crippen molar-refractivity contribution in [1.82, 2.24) is 0 Å². The van der Waals surface area contributed by atoms with E-state index in [-0.39, 0.29) is 5.91 Å². The van der Waals surface area contributed by atoms with Gasteiger partial charge >= 0.3 is 0 Å². The third kappa shape index (κ3) is 4.27. The standard InChI is InChI=1S/C14H16Cl3NO/c15-10-7-12(17)13(8-11(10)16)18-14(19)6-9-4-2-1-3-5-9/h7-9H,1-6H2,(H,18,19). The lowest BCUT2D eigenvalue weighted by Gasteiger charge is -2.21. The fraction of sp³-hybridized carbons (Fsp3) is 0.500. The number of carbonyl (C=O) groups excluding carboxylic acids is 1. The molecule has 1 amide bonds. The number of hydrogen-bond acceptors (Lipinski definition) is 1. The van der Waals surface area contributed by atoms with Crippen LogP contribution in [0, 0.1) is 5.92 Å². The highest BCUT2D eigenvalue weighted by Crippen LogP contribution is 2.33. The molecule has 0 atom stereocenters. The van der Waals surface area contributed by atoms with Crippen LogP contribution >= 0.6 is 34.8 Å². The van der Waals surface area contributed by atoms with Crippen LogP contribution in [0.15, 0.2) is 12.1 Å². The Morgan fingerprint density at radius 1 is 1.05 bits per heavy atom. The Labute approximate surface area is 128 Å². The molecule has 1 aromatic rings. The third-order valence-corrected chi connectivity index (χ3v) is 4.52. The van der Waals surface area contributed by atoms with E-state index >= 15 is 0 Å². The Kier molecular flexibility index (Phi) is 5.37. The third-order valence-electron chi connectivity index (χ3n) is 3.48. The van der Waals surface area contributed by atoms with Gasteiger partial charge in [0.25, 0.3) is 0 Å². The maximum Gasteiger partial charge on any atom is 0.224 e. The van der Waals surface area contributed by atoms with Crippen LogP contribution in [0.5, 0.6) is 0 Å². The molecule has 2 rings (SSSR count). The zero-order valence-corrected chi connectivity index (χ0v) is 12.8. The normalized spacial score (nSPS) is 16.4. The lowest BCUT2D eigenvalue weighted by atomic mass is 9.87. The van der Waals surface area contributed by atoms with E-state index in [2.05, 4.69) is 5.32 Å². The van der Waals surface area contributed by atoms with Gasteiger partial charge in [-0.05, 0) is 30.9 Å². The van der Waals surface area contributed by atoms with Gasteiger partial charge < -0.3 is 5.32 Å². The molecule has 104 valence electrons. The minimum Gasteiger partial charge on any atom is -0.325 e. The zero-order valence-electron chi connectivity index (χ0n) is 10.5. The summed E-state index contributed by atoms with van der Waals surface area (Å²) in [6, 6.07) is 3.13. The van der Waals surface area contributed by atoms with E-state index in [1.807, 2.05) is 0 Å². The van der Waals surface area contributed by atoms with Gasteiger partial charge in [0.05, 0.1) is 20.8 Å². The number of anilines is 1. The molecule has 0 aromatic heterocycles. The number of hydrogen-bond donors (Lipinski definition) is 1. The van der Waals surface area contributed by atoms with Crippen LogP contribution in [0.25, 0.3) is 0 Å². The fourth-order valence-electron chi connectivity index (χ4n) is 2.47. The molecule has 0 unspecified atom stereocenters. The first kappa shape index (κ1) is 15.0. The highest BCUT2D eigenvalue weighted by molar-refractivity contribution is 6.44. The molecule has 5 heteroatoms. The summed E-state index contributed by atoms with van der Waals surface area (Å²) in [5, 5.41) is 3.99. The van der Waals surface area contributed by atoms with Gasteiger partial charge in [0, 0.05) is 6.42 Å². The van der Waals surface area contributed by atoms with Crippen LogP contribution in [0.2, 0.25) is 15.1 Å². The second kappa shape index (κ2) is 6.83. The summed E-state index contributed by atoms with van der Waals surface area (Å²) in [6.45, 7) is 0. The van der Waals surface area contributed by atoms with Crippen LogP contribution in [0.4, 0.5) is 5.69 Å². The number of nitrogens with one attached hydrogen (secondary N) is 1. The summed E-state index contributed by atoms with van der Waals surface area (Å²) in [4.78, 5) is 12.0. The molecule has 0 aliphatic heterocycles. The van der Waals surface area contributed by atoms with Crippen molar-refractivity contribution in [3.05, 3.63) is 27.2 Å². The van der Waals surface area contributed by atoms with E-state index in [1.54, 1.807) is 12.1 Å². The molecule has 1 N–H and O–H groups in total. The number of amides is 1. The molecule has 0 bridgehead atoms. The van der Waals surface area contributed by atoms with Crippen LogP contribution < -0.4 is 5.32 Å². The fourth-order valence-corrected chi connectivity index (χ4v) is 3.07. The molecule has 0 spiro atoms. The van der Waals surface area contributed by atoms with Crippen molar-refractivity contribution < 1.29 is 4.79 Å². The smallest absolute Gasteiger partial charge is 0.224 e. The van der Waals surface area contributed by atoms with Crippen molar-refractivity contribution >= 4 is 46.4 Å². The van der Waals surface area contributed by atoms with Crippen molar-refractivity contribution in [3.8, 4) is 0 Å². The van der Waals surface area contributed by atoms with E-state index in [0.29, 0.717) is 33.1 Å². The number of rotatable bonds is 3. The van der Waals surface area contributed by atoms with Crippen molar-refractivity contribution in [2.45, 2.75) is 38.5 Å². The molecule has 19 heavy (non-hydrogen) atoms. The average molecular weight is 321 g/mol. The molecule has 1 fully saturated rings. The lowest BCUT2D eigenvalue weighted by Crippen LogP contribution is -2.18. The molecular weight excluding hydrogens is 305 g/mol. The van der Waals surface area contributed by atoms with Gasteiger partial charge in [-0.15, -0.1) is 0 Å². The number of benzene rings is 1. The summed E-state index contributed by atoms with van der Waals surface area (Å²) in [7, 11) is 0. The molecule has 1 aromatic carbocycles. The topological polar surface area (TPSA) is 29.1 Å². The van der Waals surface area contributed by atoms with Crippen molar-refractivity contribution in [1.29, 1.82) is 0 Å². The monoisotopic (exact) mass is 319 g/mol. The van der Waals surface area contributed by atoms with Crippen LogP contribution in [0.1, 0.15) is 38.5 Å². The minimum atomic E-state index is -0.00723. The predicted octanol–water partition coefficient (Wildman–Crippen LogP) is 5.56. The maximum absolute atomic E-state index is 12.0. The summed E-state index contributed by atoms with van der Waals surface area (Å²) in [5.74, 6) is 0.488. The summed E-state index contributed by atoms with van der Waals surface area (Å²) < 4.78 is 0. The SMILES string of the molecule is O=C(CC1CCCCC1)Nc1cc(Cl)c(Cl)cc1Cl. The van der Waals surface area contributed by atoms with E-state index in [4.69, 9.17) is 34.8 Å². The summed E-state index contributed by atoms with van der Waals surface area (Å²) in [5.41, 5.74) is 0.525. The van der Waals surface area contributed by atoms with E-state index < -0.39 is 0 Å². The Bertz CT molecular complexity index is 470. The largest absolute Gasteiger partial charge is 0.325 e. The Balaban J connectivity index is 1.96. The van der Waals surface area contributed by atoms with Crippen LogP contribution in [0.3, 0.4) is 0 Å². The van der Waals surface area contributed by atoms with Crippen LogP contribution in [-0.2, 0) is 4.79 Å². The van der Waals surface area contributed by atoms with Gasteiger partial charge in [0.15, 0.2) is 0 Å². The highest BCUT2D eigenvalue weighted by Gasteiger charge is 2.18. The molecule has 1 saturated carbocycles. The predicted molar refractivity (Wildman–Crippen MR) is 81.3 cm³/mol.